The molecule has 1 aromatic carbocycles. The van der Waals surface area contributed by atoms with E-state index in [-0.39, 0.29) is 11.1 Å². The van der Waals surface area contributed by atoms with Crippen LogP contribution in [0, 0.1) is 10.1 Å². The largest absolute Gasteiger partial charge is 0.330 e. The molecular weight excluding hydrogens is 324 g/mol. The maximum absolute atomic E-state index is 10.6. The van der Waals surface area contributed by atoms with Gasteiger partial charge in [-0.05, 0) is 28.1 Å². The minimum Gasteiger partial charge on any atom is -0.330 e. The first-order valence-electron chi connectivity index (χ1n) is 6.05. The van der Waals surface area contributed by atoms with Crippen LogP contribution in [0.2, 0.25) is 0 Å². The van der Waals surface area contributed by atoms with Crippen LogP contribution in [0.15, 0.2) is 34.9 Å². The Balaban J connectivity index is 2.39. The van der Waals surface area contributed by atoms with Crippen LogP contribution in [0.25, 0.3) is 5.69 Å². The van der Waals surface area contributed by atoms with E-state index < -0.39 is 4.92 Å². The Morgan fingerprint density at radius 3 is 2.50 bits per heavy atom. The van der Waals surface area contributed by atoms with Gasteiger partial charge < -0.3 is 5.73 Å². The number of nitrogens with two attached hydrogens (primary N) is 1. The summed E-state index contributed by atoms with van der Waals surface area (Å²) in [5.41, 5.74) is 7.20. The first kappa shape index (κ1) is 14.7. The number of benzene rings is 1. The molecule has 0 amide bonds. The molecule has 0 atom stereocenters. The van der Waals surface area contributed by atoms with Crippen molar-refractivity contribution in [3.63, 3.8) is 0 Å². The van der Waals surface area contributed by atoms with Gasteiger partial charge in [0.2, 0.25) is 0 Å². The van der Waals surface area contributed by atoms with Gasteiger partial charge in [0.05, 0.1) is 20.8 Å². The third-order valence-corrected chi connectivity index (χ3v) is 3.73. The van der Waals surface area contributed by atoms with Crippen LogP contribution in [-0.4, -0.2) is 21.2 Å². The van der Waals surface area contributed by atoms with Gasteiger partial charge in [0, 0.05) is 30.3 Å². The zero-order chi connectivity index (χ0) is 14.9. The van der Waals surface area contributed by atoms with Crippen molar-refractivity contribution in [2.75, 3.05) is 6.54 Å². The van der Waals surface area contributed by atoms with Crippen molar-refractivity contribution < 1.29 is 4.92 Å². The van der Waals surface area contributed by atoms with Crippen molar-refractivity contribution in [3.8, 4) is 5.69 Å². The molecule has 0 aliphatic heterocycles. The molecule has 0 unspecified atom stereocenters. The van der Waals surface area contributed by atoms with Crippen LogP contribution in [0.4, 0.5) is 5.69 Å². The second-order valence-electron chi connectivity index (χ2n) is 5.13. The standard InChI is InChI=1S/C13H15BrN4O2/c1-13(2,8-15)12-11(14)7-17(16-12)9-3-5-10(6-4-9)18(19)20/h3-7H,8,15H2,1-2H3. The molecule has 0 spiro atoms. The van der Waals surface area contributed by atoms with Gasteiger partial charge in [0.15, 0.2) is 0 Å². The van der Waals surface area contributed by atoms with Crippen molar-refractivity contribution in [2.45, 2.75) is 19.3 Å². The SMILES string of the molecule is CC(C)(CN)c1nn(-c2ccc([N+](=O)[O-])cc2)cc1Br. The molecule has 6 nitrogen and oxygen atoms in total. The summed E-state index contributed by atoms with van der Waals surface area (Å²) in [5, 5.41) is 15.2. The van der Waals surface area contributed by atoms with E-state index in [1.165, 1.54) is 12.1 Å². The lowest BCUT2D eigenvalue weighted by atomic mass is 9.90. The molecule has 1 heterocycles. The zero-order valence-electron chi connectivity index (χ0n) is 11.2. The third-order valence-electron chi connectivity index (χ3n) is 3.15. The predicted octanol–water partition coefficient (Wildman–Crippen LogP) is 2.78. The fourth-order valence-corrected chi connectivity index (χ4v) is 2.58. The summed E-state index contributed by atoms with van der Waals surface area (Å²) in [4.78, 5) is 10.2. The van der Waals surface area contributed by atoms with Gasteiger partial charge in [0.25, 0.3) is 5.69 Å². The monoisotopic (exact) mass is 338 g/mol. The van der Waals surface area contributed by atoms with Crippen molar-refractivity contribution in [3.05, 3.63) is 50.7 Å². The number of halogens is 1. The number of nitro benzene ring substituents is 1. The molecule has 2 aromatic rings. The molecule has 20 heavy (non-hydrogen) atoms. The van der Waals surface area contributed by atoms with Crippen molar-refractivity contribution in [1.82, 2.24) is 9.78 Å². The normalized spacial score (nSPS) is 11.6. The Labute approximate surface area is 124 Å². The molecule has 0 saturated carbocycles. The van der Waals surface area contributed by atoms with E-state index in [0.29, 0.717) is 6.54 Å². The molecule has 0 bridgehead atoms. The number of non-ortho nitro benzene ring substituents is 1. The first-order valence-corrected chi connectivity index (χ1v) is 6.85. The molecule has 0 saturated heterocycles. The Bertz CT molecular complexity index is 634. The summed E-state index contributed by atoms with van der Waals surface area (Å²) in [6.45, 7) is 4.50. The van der Waals surface area contributed by atoms with Gasteiger partial charge in [-0.15, -0.1) is 0 Å². The first-order chi connectivity index (χ1) is 9.35. The van der Waals surface area contributed by atoms with Crippen molar-refractivity contribution in [1.29, 1.82) is 0 Å². The third kappa shape index (κ3) is 2.73. The van der Waals surface area contributed by atoms with E-state index in [1.54, 1.807) is 16.8 Å². The average Bonchev–Trinajstić information content (AvgIpc) is 2.81. The topological polar surface area (TPSA) is 87.0 Å². The van der Waals surface area contributed by atoms with E-state index in [4.69, 9.17) is 5.73 Å². The summed E-state index contributed by atoms with van der Waals surface area (Å²) in [6, 6.07) is 6.24. The number of hydrogen-bond acceptors (Lipinski definition) is 4. The lowest BCUT2D eigenvalue weighted by Crippen LogP contribution is -2.29. The number of aromatic nitrogens is 2. The van der Waals surface area contributed by atoms with E-state index in [0.717, 1.165) is 15.9 Å². The summed E-state index contributed by atoms with van der Waals surface area (Å²) in [7, 11) is 0. The molecule has 0 fully saturated rings. The summed E-state index contributed by atoms with van der Waals surface area (Å²) in [6.07, 6.45) is 1.83. The van der Waals surface area contributed by atoms with Crippen LogP contribution < -0.4 is 5.73 Å². The van der Waals surface area contributed by atoms with Gasteiger partial charge in [-0.3, -0.25) is 10.1 Å². The van der Waals surface area contributed by atoms with Gasteiger partial charge >= 0.3 is 0 Å². The summed E-state index contributed by atoms with van der Waals surface area (Å²) >= 11 is 3.48. The second kappa shape index (κ2) is 5.34. The molecule has 0 aliphatic carbocycles. The molecule has 1 aromatic heterocycles. The van der Waals surface area contributed by atoms with Gasteiger partial charge in [-0.1, -0.05) is 13.8 Å². The van der Waals surface area contributed by atoms with Crippen molar-refractivity contribution in [2.24, 2.45) is 5.73 Å². The van der Waals surface area contributed by atoms with Crippen LogP contribution in [0.3, 0.4) is 0 Å². The Morgan fingerprint density at radius 1 is 1.40 bits per heavy atom. The maximum Gasteiger partial charge on any atom is 0.269 e. The van der Waals surface area contributed by atoms with E-state index in [1.807, 2.05) is 20.0 Å². The van der Waals surface area contributed by atoms with E-state index in [9.17, 15) is 10.1 Å². The minimum absolute atomic E-state index is 0.0579. The highest BCUT2D eigenvalue weighted by Crippen LogP contribution is 2.29. The van der Waals surface area contributed by atoms with Crippen LogP contribution in [0.1, 0.15) is 19.5 Å². The number of nitrogens with zero attached hydrogens (tertiary/aromatic N) is 3. The molecule has 7 heteroatoms. The maximum atomic E-state index is 10.6. The van der Waals surface area contributed by atoms with E-state index >= 15 is 0 Å². The molecule has 0 radical (unpaired) electrons. The van der Waals surface area contributed by atoms with Crippen LogP contribution >= 0.6 is 15.9 Å². The average molecular weight is 339 g/mol. The quantitative estimate of drug-likeness (QED) is 0.685. The van der Waals surface area contributed by atoms with Gasteiger partial charge in [-0.25, -0.2) is 4.68 Å². The lowest BCUT2D eigenvalue weighted by Gasteiger charge is -2.20. The lowest BCUT2D eigenvalue weighted by molar-refractivity contribution is -0.384. The number of nitro groups is 1. The molecular formula is C13H15BrN4O2. The van der Waals surface area contributed by atoms with E-state index in [2.05, 4.69) is 21.0 Å². The Kier molecular flexibility index (Phi) is 3.92. The summed E-state index contributed by atoms with van der Waals surface area (Å²) < 4.78 is 2.55. The fraction of sp³-hybridized carbons (Fsp3) is 0.308. The van der Waals surface area contributed by atoms with Crippen LogP contribution in [0.5, 0.6) is 0 Å². The zero-order valence-corrected chi connectivity index (χ0v) is 12.8. The summed E-state index contributed by atoms with van der Waals surface area (Å²) in [5.74, 6) is 0. The smallest absolute Gasteiger partial charge is 0.269 e. The fourth-order valence-electron chi connectivity index (χ4n) is 1.77. The second-order valence-corrected chi connectivity index (χ2v) is 5.99. The highest BCUT2D eigenvalue weighted by molar-refractivity contribution is 9.10. The Hall–Kier alpha value is -1.73. The molecule has 2 N–H and O–H groups in total. The Morgan fingerprint density at radius 2 is 2.00 bits per heavy atom. The molecule has 0 aliphatic rings. The predicted molar refractivity (Wildman–Crippen MR) is 80.0 cm³/mol. The number of hydrogen-bond donors (Lipinski definition) is 1. The van der Waals surface area contributed by atoms with Gasteiger partial charge in [0.1, 0.15) is 0 Å². The highest BCUT2D eigenvalue weighted by atomic mass is 79.9. The van der Waals surface area contributed by atoms with Gasteiger partial charge in [-0.2, -0.15) is 5.10 Å². The number of rotatable bonds is 4. The molecule has 106 valence electrons. The van der Waals surface area contributed by atoms with Crippen LogP contribution in [-0.2, 0) is 5.41 Å². The van der Waals surface area contributed by atoms with Crippen molar-refractivity contribution >= 4 is 21.6 Å². The molecule has 2 rings (SSSR count). The highest BCUT2D eigenvalue weighted by Gasteiger charge is 2.25. The minimum atomic E-state index is -0.425.